The van der Waals surface area contributed by atoms with Crippen molar-refractivity contribution < 1.29 is 32.8 Å². The van der Waals surface area contributed by atoms with Gasteiger partial charge < -0.3 is 14.2 Å². The third-order valence-corrected chi connectivity index (χ3v) is 6.77. The minimum atomic E-state index is -0.602. The molecule has 1 aromatic carbocycles. The summed E-state index contributed by atoms with van der Waals surface area (Å²) in [4.78, 5) is 31.4. The number of esters is 1. The van der Waals surface area contributed by atoms with E-state index in [9.17, 15) is 14.0 Å². The number of benzene rings is 1. The maximum atomic E-state index is 13.6. The zero-order valence-electron chi connectivity index (χ0n) is 21.4. The van der Waals surface area contributed by atoms with Crippen LogP contribution < -0.4 is 4.74 Å². The summed E-state index contributed by atoms with van der Waals surface area (Å²) < 4.78 is 33.0. The van der Waals surface area contributed by atoms with E-state index >= 15 is 0 Å². The maximum Gasteiger partial charge on any atom is 0.596 e. The summed E-state index contributed by atoms with van der Waals surface area (Å²) in [5, 5.41) is 0. The van der Waals surface area contributed by atoms with Crippen molar-refractivity contribution in [2.45, 2.75) is 46.3 Å². The van der Waals surface area contributed by atoms with Gasteiger partial charge in [-0.15, -0.1) is 4.58 Å². The number of hydrogen-bond acceptors (Lipinski definition) is 7. The Morgan fingerprint density at radius 3 is 2.56 bits per heavy atom. The first-order valence-corrected chi connectivity index (χ1v) is 12.7. The van der Waals surface area contributed by atoms with E-state index < -0.39 is 23.5 Å². The molecule has 0 saturated heterocycles. The summed E-state index contributed by atoms with van der Waals surface area (Å²) in [7, 11) is 1.32. The largest absolute Gasteiger partial charge is 0.596 e. The number of rotatable bonds is 6. The number of ether oxygens (including phenoxy) is 3. The van der Waals surface area contributed by atoms with Crippen molar-refractivity contribution in [1.29, 1.82) is 0 Å². The van der Waals surface area contributed by atoms with Gasteiger partial charge in [0.05, 0.1) is 32.1 Å². The second-order valence-electron chi connectivity index (χ2n) is 9.70. The number of amides is 1. The van der Waals surface area contributed by atoms with Gasteiger partial charge in [-0.25, -0.2) is 9.18 Å². The molecule has 2 aromatic rings. The van der Waals surface area contributed by atoms with Gasteiger partial charge in [0.15, 0.2) is 18.4 Å². The van der Waals surface area contributed by atoms with E-state index in [1.54, 1.807) is 22.8 Å². The number of nitrogens with zero attached hydrogens (tertiary/aromatic N) is 3. The topological polar surface area (TPSA) is 81.0 Å². The van der Waals surface area contributed by atoms with E-state index in [1.165, 1.54) is 13.2 Å². The number of aromatic nitrogens is 1. The molecule has 1 aliphatic heterocycles. The molecule has 8 nitrogen and oxygen atoms in total. The van der Waals surface area contributed by atoms with Crippen molar-refractivity contribution >= 4 is 40.4 Å². The van der Waals surface area contributed by atoms with Crippen molar-refractivity contribution in [2.75, 3.05) is 33.3 Å². The molecule has 10 heteroatoms. The molecule has 0 spiro atoms. The molecule has 0 fully saturated rings. The fourth-order valence-electron chi connectivity index (χ4n) is 3.82. The van der Waals surface area contributed by atoms with E-state index in [0.29, 0.717) is 43.2 Å². The third kappa shape index (κ3) is 7.22. The molecule has 0 aliphatic carbocycles. The van der Waals surface area contributed by atoms with Crippen LogP contribution in [-0.4, -0.2) is 71.1 Å². The molecule has 1 amide bonds. The van der Waals surface area contributed by atoms with Crippen molar-refractivity contribution in [3.63, 3.8) is 0 Å². The Morgan fingerprint density at radius 2 is 1.97 bits per heavy atom. The zero-order chi connectivity index (χ0) is 26.6. The standard InChI is InChI=1S/C26H32FIN3O5/c1-16-11-22(19(12-20(16)28)24(32)34-6)35-23(21-8-7-18(27)13-29-21)15-30-9-10-31(17(2)14-30)25(33)36-26(3,4)5/h7-8,11-13,23H,9-10,14-15H2,1-6H3/q+1. The van der Waals surface area contributed by atoms with Gasteiger partial charge in [-0.05, 0) is 80.1 Å². The summed E-state index contributed by atoms with van der Waals surface area (Å²) in [6.07, 6.45) is 0.170. The Balaban J connectivity index is 1.88. The lowest BCUT2D eigenvalue weighted by Crippen LogP contribution is -2.48. The number of hydrogen-bond donors (Lipinski definition) is 0. The molecule has 2 heterocycles. The Labute approximate surface area is 224 Å². The minimum absolute atomic E-state index is 0.303. The minimum Gasteiger partial charge on any atom is -0.482 e. The summed E-state index contributed by atoms with van der Waals surface area (Å²) >= 11 is 2.16. The molecule has 0 saturated carbocycles. The van der Waals surface area contributed by atoms with Gasteiger partial charge in [-0.1, -0.05) is 0 Å². The van der Waals surface area contributed by atoms with Crippen LogP contribution in [0.4, 0.5) is 9.18 Å². The van der Waals surface area contributed by atoms with Gasteiger partial charge in [0.25, 0.3) is 0 Å². The number of aryl methyl sites for hydroxylation is 1. The first kappa shape index (κ1) is 28.0. The maximum absolute atomic E-state index is 13.6. The lowest BCUT2D eigenvalue weighted by molar-refractivity contribution is -0.458. The smallest absolute Gasteiger partial charge is 0.482 e. The Bertz CT molecular complexity index is 1160. The number of halogens is 2. The van der Waals surface area contributed by atoms with Gasteiger partial charge >= 0.3 is 12.1 Å². The highest BCUT2D eigenvalue weighted by Crippen LogP contribution is 2.30. The van der Waals surface area contributed by atoms with Gasteiger partial charge in [-0.2, -0.15) is 4.79 Å². The van der Waals surface area contributed by atoms with E-state index in [4.69, 9.17) is 14.2 Å². The van der Waals surface area contributed by atoms with Crippen LogP contribution in [0.1, 0.15) is 55.4 Å². The fraction of sp³-hybridized carbons (Fsp3) is 0.462. The van der Waals surface area contributed by atoms with E-state index in [1.807, 2.05) is 34.6 Å². The second-order valence-corrected chi connectivity index (χ2v) is 10.9. The predicted molar refractivity (Wildman–Crippen MR) is 141 cm³/mol. The monoisotopic (exact) mass is 612 g/mol. The number of methoxy groups -OCH3 is 1. The van der Waals surface area contributed by atoms with E-state index in [0.717, 1.165) is 21.0 Å². The second kappa shape index (κ2) is 11.6. The average Bonchev–Trinajstić information content (AvgIpc) is 2.79. The third-order valence-electron chi connectivity index (χ3n) is 5.61. The summed E-state index contributed by atoms with van der Waals surface area (Å²) in [6.45, 7) is 11.3. The van der Waals surface area contributed by atoms with Gasteiger partial charge in [0.1, 0.15) is 22.7 Å². The van der Waals surface area contributed by atoms with Crippen molar-refractivity contribution in [3.05, 3.63) is 56.7 Å². The van der Waals surface area contributed by atoms with Crippen LogP contribution in [0.15, 0.2) is 30.5 Å². The summed E-state index contributed by atoms with van der Waals surface area (Å²) in [5.41, 5.74) is 2.04. The first-order valence-electron chi connectivity index (χ1n) is 11.6. The van der Waals surface area contributed by atoms with Crippen LogP contribution in [0.5, 0.6) is 5.75 Å². The lowest BCUT2D eigenvalue weighted by atomic mass is 10.1. The highest BCUT2D eigenvalue weighted by atomic mass is 127. The molecule has 1 unspecified atom stereocenters. The lowest BCUT2D eigenvalue weighted by Gasteiger charge is -2.29. The Hall–Kier alpha value is -2.60. The van der Waals surface area contributed by atoms with Crippen molar-refractivity contribution in [3.8, 4) is 5.75 Å². The van der Waals surface area contributed by atoms with Crippen molar-refractivity contribution in [2.24, 2.45) is 0 Å². The van der Waals surface area contributed by atoms with E-state index in [2.05, 4.69) is 32.5 Å². The molecule has 0 bridgehead atoms. The molecule has 1 aliphatic rings. The number of pyridine rings is 1. The molecule has 194 valence electrons. The summed E-state index contributed by atoms with van der Waals surface area (Å²) in [6, 6.07) is 6.42. The molecule has 1 atom stereocenters. The predicted octanol–water partition coefficient (Wildman–Crippen LogP) is 4.76. The summed E-state index contributed by atoms with van der Waals surface area (Å²) in [5.74, 6) is -0.596. The zero-order valence-corrected chi connectivity index (χ0v) is 23.6. The average molecular weight is 612 g/mol. The molecule has 0 N–H and O–H groups in total. The van der Waals surface area contributed by atoms with Gasteiger partial charge in [0.2, 0.25) is 0 Å². The number of carbonyl (C=O) groups is 2. The van der Waals surface area contributed by atoms with Crippen LogP contribution in [0.3, 0.4) is 0 Å². The van der Waals surface area contributed by atoms with Crippen LogP contribution >= 0.6 is 22.6 Å². The SMILES string of the molecule is COC(=O)c1cc(I)c(C)cc1OC(CN1CC[N+](C(=O)OC(C)(C)C)=C(C)C1)c1ccc(F)cn1. The molecule has 1 aromatic heterocycles. The van der Waals surface area contributed by atoms with Gasteiger partial charge in [0, 0.05) is 17.0 Å². The fourth-order valence-corrected chi connectivity index (χ4v) is 4.29. The molecule has 0 radical (unpaired) electrons. The highest BCUT2D eigenvalue weighted by Gasteiger charge is 2.34. The van der Waals surface area contributed by atoms with Crippen LogP contribution in [0.2, 0.25) is 0 Å². The molecule has 36 heavy (non-hydrogen) atoms. The number of carbonyl (C=O) groups excluding carboxylic acids is 2. The Morgan fingerprint density at radius 1 is 1.25 bits per heavy atom. The highest BCUT2D eigenvalue weighted by molar-refractivity contribution is 14.1. The molecule has 3 rings (SSSR count). The normalized spacial score (nSPS) is 15.4. The molecular weight excluding hydrogens is 580 g/mol. The quantitative estimate of drug-likeness (QED) is 0.264. The van der Waals surface area contributed by atoms with Crippen LogP contribution in [0.25, 0.3) is 0 Å². The molecular formula is C26H32FIN3O5+. The van der Waals surface area contributed by atoms with E-state index in [-0.39, 0.29) is 6.09 Å². The first-order chi connectivity index (χ1) is 16.9. The van der Waals surface area contributed by atoms with Crippen molar-refractivity contribution in [1.82, 2.24) is 9.88 Å². The van der Waals surface area contributed by atoms with Crippen LogP contribution in [0, 0.1) is 16.3 Å². The Kier molecular flexibility index (Phi) is 9.04. The van der Waals surface area contributed by atoms with Gasteiger partial charge in [-0.3, -0.25) is 9.88 Å². The van der Waals surface area contributed by atoms with Crippen LogP contribution in [-0.2, 0) is 9.47 Å².